The molecule has 5 nitrogen and oxygen atoms in total. The maximum absolute atomic E-state index is 11.5. The molecule has 1 rings (SSSR count). The Morgan fingerprint density at radius 3 is 2.50 bits per heavy atom. The number of benzene rings is 1. The summed E-state index contributed by atoms with van der Waals surface area (Å²) in [4.78, 5) is 22.5. The van der Waals surface area contributed by atoms with Crippen molar-refractivity contribution in [2.24, 2.45) is 0 Å². The van der Waals surface area contributed by atoms with Crippen LogP contribution >= 0.6 is 0 Å². The number of nitrogens with two attached hydrogens (primary N) is 1. The molecule has 0 heterocycles. The second kappa shape index (κ2) is 5.75. The van der Waals surface area contributed by atoms with Crippen LogP contribution in [0.1, 0.15) is 17.3 Å². The van der Waals surface area contributed by atoms with Crippen molar-refractivity contribution in [1.82, 2.24) is 5.32 Å². The zero-order valence-electron chi connectivity index (χ0n) is 9.03. The molecule has 86 valence electrons. The lowest BCUT2D eigenvalue weighted by atomic mass is 10.2. The number of nitrogens with one attached hydrogen (secondary N) is 1. The van der Waals surface area contributed by atoms with Crippen molar-refractivity contribution in [3.63, 3.8) is 0 Å². The maximum atomic E-state index is 11.5. The number of ether oxygens (including phenoxy) is 1. The van der Waals surface area contributed by atoms with E-state index < -0.39 is 5.97 Å². The number of esters is 1. The van der Waals surface area contributed by atoms with Crippen molar-refractivity contribution < 1.29 is 14.3 Å². The van der Waals surface area contributed by atoms with Crippen LogP contribution in [0.4, 0.5) is 5.69 Å². The van der Waals surface area contributed by atoms with Crippen molar-refractivity contribution in [2.75, 3.05) is 18.9 Å². The second-order valence-corrected chi connectivity index (χ2v) is 3.11. The van der Waals surface area contributed by atoms with Crippen LogP contribution in [-0.2, 0) is 9.53 Å². The third-order valence-corrected chi connectivity index (χ3v) is 1.87. The van der Waals surface area contributed by atoms with E-state index >= 15 is 0 Å². The minimum absolute atomic E-state index is 0.128. The molecule has 0 spiro atoms. The highest BCUT2D eigenvalue weighted by Gasteiger charge is 2.07. The van der Waals surface area contributed by atoms with Crippen LogP contribution in [0.2, 0.25) is 0 Å². The number of amides is 1. The van der Waals surface area contributed by atoms with Gasteiger partial charge in [0.2, 0.25) is 0 Å². The van der Waals surface area contributed by atoms with Gasteiger partial charge in [0.15, 0.2) is 0 Å². The van der Waals surface area contributed by atoms with Crippen LogP contribution in [0.3, 0.4) is 0 Å². The summed E-state index contributed by atoms with van der Waals surface area (Å²) in [5.41, 5.74) is 6.52. The number of carbonyl (C=O) groups excluding carboxylic acids is 2. The molecule has 1 amide bonds. The standard InChI is InChI=1S/C11H14N2O3/c1-2-16-10(14)7-13-11(15)8-3-5-9(12)6-4-8/h3-6H,2,7,12H2,1H3,(H,13,15). The number of carbonyl (C=O) groups is 2. The van der Waals surface area contributed by atoms with Gasteiger partial charge < -0.3 is 15.8 Å². The highest BCUT2D eigenvalue weighted by atomic mass is 16.5. The van der Waals surface area contributed by atoms with Crippen molar-refractivity contribution in [3.05, 3.63) is 29.8 Å². The topological polar surface area (TPSA) is 81.4 Å². The first-order chi connectivity index (χ1) is 7.63. The van der Waals surface area contributed by atoms with E-state index in [1.54, 1.807) is 31.2 Å². The normalized spacial score (nSPS) is 9.56. The molecule has 1 aromatic carbocycles. The van der Waals surface area contributed by atoms with Gasteiger partial charge in [-0.3, -0.25) is 9.59 Å². The van der Waals surface area contributed by atoms with Crippen LogP contribution in [0.25, 0.3) is 0 Å². The molecule has 0 aromatic heterocycles. The van der Waals surface area contributed by atoms with Gasteiger partial charge in [0.25, 0.3) is 5.91 Å². The summed E-state index contributed by atoms with van der Waals surface area (Å²) in [6.07, 6.45) is 0. The second-order valence-electron chi connectivity index (χ2n) is 3.11. The molecule has 0 fully saturated rings. The fraction of sp³-hybridized carbons (Fsp3) is 0.273. The van der Waals surface area contributed by atoms with Crippen LogP contribution in [0.5, 0.6) is 0 Å². The molecule has 5 heteroatoms. The smallest absolute Gasteiger partial charge is 0.325 e. The van der Waals surface area contributed by atoms with Gasteiger partial charge in [0.05, 0.1) is 6.61 Å². The SMILES string of the molecule is CCOC(=O)CNC(=O)c1ccc(N)cc1. The van der Waals surface area contributed by atoms with E-state index in [1.807, 2.05) is 0 Å². The van der Waals surface area contributed by atoms with Crippen LogP contribution in [-0.4, -0.2) is 25.0 Å². The molecular weight excluding hydrogens is 208 g/mol. The molecular formula is C11H14N2O3. The Morgan fingerprint density at radius 2 is 1.94 bits per heavy atom. The Hall–Kier alpha value is -2.04. The molecule has 0 saturated carbocycles. The highest BCUT2D eigenvalue weighted by Crippen LogP contribution is 2.04. The van der Waals surface area contributed by atoms with Gasteiger partial charge >= 0.3 is 5.97 Å². The minimum atomic E-state index is -0.453. The Morgan fingerprint density at radius 1 is 1.31 bits per heavy atom. The first-order valence-corrected chi connectivity index (χ1v) is 4.93. The van der Waals surface area contributed by atoms with Crippen LogP contribution < -0.4 is 11.1 Å². The summed E-state index contributed by atoms with van der Waals surface area (Å²) < 4.78 is 4.67. The van der Waals surface area contributed by atoms with Gasteiger partial charge in [0.1, 0.15) is 6.54 Å². The summed E-state index contributed by atoms with van der Waals surface area (Å²) in [6, 6.07) is 6.43. The first-order valence-electron chi connectivity index (χ1n) is 4.93. The van der Waals surface area contributed by atoms with Gasteiger partial charge in [-0.1, -0.05) is 0 Å². The van der Waals surface area contributed by atoms with Gasteiger partial charge in [-0.05, 0) is 31.2 Å². The van der Waals surface area contributed by atoms with E-state index in [0.29, 0.717) is 17.9 Å². The molecule has 0 aliphatic rings. The quantitative estimate of drug-likeness (QED) is 0.576. The van der Waals surface area contributed by atoms with E-state index in [0.717, 1.165) is 0 Å². The van der Waals surface area contributed by atoms with Crippen LogP contribution in [0.15, 0.2) is 24.3 Å². The Balaban J connectivity index is 2.47. The molecule has 3 N–H and O–H groups in total. The Labute approximate surface area is 93.6 Å². The zero-order valence-corrected chi connectivity index (χ0v) is 9.03. The monoisotopic (exact) mass is 222 g/mol. The third-order valence-electron chi connectivity index (χ3n) is 1.87. The summed E-state index contributed by atoms with van der Waals surface area (Å²) in [7, 11) is 0. The molecule has 1 aromatic rings. The first kappa shape index (κ1) is 12.0. The van der Waals surface area contributed by atoms with Crippen LogP contribution in [0, 0.1) is 0 Å². The summed E-state index contributed by atoms with van der Waals surface area (Å²) in [5, 5.41) is 2.45. The van der Waals surface area contributed by atoms with Crippen molar-refractivity contribution in [3.8, 4) is 0 Å². The summed E-state index contributed by atoms with van der Waals surface area (Å²) in [5.74, 6) is -0.778. The van der Waals surface area contributed by atoms with Crippen molar-refractivity contribution in [2.45, 2.75) is 6.92 Å². The number of hydrogen-bond donors (Lipinski definition) is 2. The number of nitrogen functional groups attached to an aromatic ring is 1. The Kier molecular flexibility index (Phi) is 4.32. The molecule has 16 heavy (non-hydrogen) atoms. The van der Waals surface area contributed by atoms with Crippen molar-refractivity contribution in [1.29, 1.82) is 0 Å². The Bertz CT molecular complexity index is 373. The van der Waals surface area contributed by atoms with Gasteiger partial charge in [-0.2, -0.15) is 0 Å². The van der Waals surface area contributed by atoms with E-state index in [-0.39, 0.29) is 12.5 Å². The van der Waals surface area contributed by atoms with Crippen molar-refractivity contribution >= 4 is 17.6 Å². The van der Waals surface area contributed by atoms with E-state index in [2.05, 4.69) is 10.1 Å². The van der Waals surface area contributed by atoms with Gasteiger partial charge in [0, 0.05) is 11.3 Å². The lowest BCUT2D eigenvalue weighted by Crippen LogP contribution is -2.30. The lowest BCUT2D eigenvalue weighted by Gasteiger charge is -2.04. The summed E-state index contributed by atoms with van der Waals surface area (Å²) in [6.45, 7) is 1.88. The largest absolute Gasteiger partial charge is 0.465 e. The number of rotatable bonds is 4. The number of hydrogen-bond acceptors (Lipinski definition) is 4. The predicted molar refractivity (Wildman–Crippen MR) is 59.8 cm³/mol. The molecule has 0 atom stereocenters. The average Bonchev–Trinajstić information content (AvgIpc) is 2.27. The zero-order chi connectivity index (χ0) is 12.0. The third kappa shape index (κ3) is 3.61. The fourth-order valence-electron chi connectivity index (χ4n) is 1.10. The lowest BCUT2D eigenvalue weighted by molar-refractivity contribution is -0.141. The maximum Gasteiger partial charge on any atom is 0.325 e. The average molecular weight is 222 g/mol. The van der Waals surface area contributed by atoms with Gasteiger partial charge in [-0.25, -0.2) is 0 Å². The minimum Gasteiger partial charge on any atom is -0.465 e. The van der Waals surface area contributed by atoms with Gasteiger partial charge in [-0.15, -0.1) is 0 Å². The molecule has 0 saturated heterocycles. The number of anilines is 1. The van der Waals surface area contributed by atoms with E-state index in [1.165, 1.54) is 0 Å². The fourth-order valence-corrected chi connectivity index (χ4v) is 1.10. The van der Waals surface area contributed by atoms with E-state index in [9.17, 15) is 9.59 Å². The molecule has 0 aliphatic carbocycles. The highest BCUT2D eigenvalue weighted by molar-refractivity contribution is 5.96. The van der Waals surface area contributed by atoms with E-state index in [4.69, 9.17) is 5.73 Å². The molecule has 0 aliphatic heterocycles. The predicted octanol–water partition coefficient (Wildman–Crippen LogP) is 0.562. The summed E-state index contributed by atoms with van der Waals surface area (Å²) >= 11 is 0. The molecule has 0 bridgehead atoms. The molecule has 0 unspecified atom stereocenters. The molecule has 0 radical (unpaired) electrons.